The van der Waals surface area contributed by atoms with Crippen LogP contribution in [0, 0.1) is 0 Å². The van der Waals surface area contributed by atoms with Gasteiger partial charge >= 0.3 is 5.97 Å². The third-order valence-corrected chi connectivity index (χ3v) is 3.87. The van der Waals surface area contributed by atoms with Crippen molar-refractivity contribution in [1.82, 2.24) is 4.90 Å². The van der Waals surface area contributed by atoms with Gasteiger partial charge in [0.1, 0.15) is 6.54 Å². The number of hydrogen-bond donors (Lipinski definition) is 1. The Kier molecular flexibility index (Phi) is 7.69. The van der Waals surface area contributed by atoms with E-state index in [2.05, 4.69) is 15.9 Å². The molecule has 0 aromatic heterocycles. The van der Waals surface area contributed by atoms with Crippen molar-refractivity contribution in [3.8, 4) is 0 Å². The molecule has 0 aliphatic carbocycles. The number of amides is 1. The number of carboxylic acids is 1. The number of carbonyl (C=O) groups excluding carboxylic acids is 1. The van der Waals surface area contributed by atoms with E-state index in [0.717, 1.165) is 22.2 Å². The van der Waals surface area contributed by atoms with Gasteiger partial charge in [0, 0.05) is 17.4 Å². The van der Waals surface area contributed by atoms with E-state index in [9.17, 15) is 9.59 Å². The summed E-state index contributed by atoms with van der Waals surface area (Å²) in [4.78, 5) is 24.4. The molecule has 6 heteroatoms. The van der Waals surface area contributed by atoms with Crippen LogP contribution in [-0.4, -0.2) is 40.4 Å². The van der Waals surface area contributed by atoms with Crippen molar-refractivity contribution in [2.24, 2.45) is 0 Å². The molecular formula is C14H18BrNO3S. The van der Waals surface area contributed by atoms with Gasteiger partial charge < -0.3 is 10.0 Å². The van der Waals surface area contributed by atoms with Crippen molar-refractivity contribution in [3.63, 3.8) is 0 Å². The number of benzene rings is 1. The molecule has 1 rings (SSSR count). The number of carboxylic acid groups (broad SMARTS) is 1. The molecule has 0 atom stereocenters. The predicted molar refractivity (Wildman–Crippen MR) is 84.8 cm³/mol. The topological polar surface area (TPSA) is 57.6 Å². The zero-order valence-electron chi connectivity index (χ0n) is 11.3. The second-order valence-corrected chi connectivity index (χ2v) is 6.27. The number of thioether (sulfide) groups is 1. The van der Waals surface area contributed by atoms with Gasteiger partial charge in [-0.05, 0) is 36.1 Å². The number of carbonyl (C=O) groups is 2. The summed E-state index contributed by atoms with van der Waals surface area (Å²) in [5, 5.41) is 8.93. The maximum Gasteiger partial charge on any atom is 0.323 e. The monoisotopic (exact) mass is 359 g/mol. The summed E-state index contributed by atoms with van der Waals surface area (Å²) in [7, 11) is 0. The first-order valence-electron chi connectivity index (χ1n) is 6.26. The van der Waals surface area contributed by atoms with Crippen LogP contribution < -0.4 is 0 Å². The fraction of sp³-hybridized carbons (Fsp3) is 0.429. The molecular weight excluding hydrogens is 342 g/mol. The van der Waals surface area contributed by atoms with Crippen molar-refractivity contribution in [2.45, 2.75) is 19.4 Å². The average molecular weight is 360 g/mol. The van der Waals surface area contributed by atoms with E-state index >= 15 is 0 Å². The fourth-order valence-corrected chi connectivity index (χ4v) is 2.66. The molecule has 0 saturated carbocycles. The van der Waals surface area contributed by atoms with Gasteiger partial charge in [0.15, 0.2) is 0 Å². The van der Waals surface area contributed by atoms with Crippen LogP contribution in [0.15, 0.2) is 28.7 Å². The van der Waals surface area contributed by atoms with Crippen LogP contribution >= 0.6 is 27.7 Å². The summed E-state index contributed by atoms with van der Waals surface area (Å²) < 4.78 is 0.917. The third-order valence-electron chi connectivity index (χ3n) is 2.68. The van der Waals surface area contributed by atoms with Crippen molar-refractivity contribution in [3.05, 3.63) is 34.3 Å². The van der Waals surface area contributed by atoms with Crippen LogP contribution in [0.3, 0.4) is 0 Å². The summed E-state index contributed by atoms with van der Waals surface area (Å²) in [6, 6.07) is 7.54. The first kappa shape index (κ1) is 17.0. The van der Waals surface area contributed by atoms with E-state index in [1.54, 1.807) is 11.8 Å². The van der Waals surface area contributed by atoms with E-state index in [0.29, 0.717) is 13.0 Å². The van der Waals surface area contributed by atoms with Crippen LogP contribution in [0.1, 0.15) is 18.4 Å². The van der Waals surface area contributed by atoms with Gasteiger partial charge in [-0.2, -0.15) is 11.8 Å². The van der Waals surface area contributed by atoms with Crippen LogP contribution in [0.5, 0.6) is 0 Å². The quantitative estimate of drug-likeness (QED) is 0.724. The molecule has 1 aromatic carbocycles. The van der Waals surface area contributed by atoms with Crippen molar-refractivity contribution >= 4 is 39.6 Å². The standard InChI is InChI=1S/C14H18BrNO3S/c1-20-7-3-6-13(17)16(10-14(18)19)9-11-4-2-5-12(15)8-11/h2,4-5,8H,3,6-7,9-10H2,1H3,(H,18,19). The van der Waals surface area contributed by atoms with Crippen LogP contribution in [0.2, 0.25) is 0 Å². The van der Waals surface area contributed by atoms with Crippen LogP contribution in [0.25, 0.3) is 0 Å². The lowest BCUT2D eigenvalue weighted by Gasteiger charge is -2.21. The molecule has 0 bridgehead atoms. The zero-order chi connectivity index (χ0) is 15.0. The first-order chi connectivity index (χ1) is 9.52. The Morgan fingerprint density at radius 1 is 1.40 bits per heavy atom. The fourth-order valence-electron chi connectivity index (χ4n) is 1.78. The highest BCUT2D eigenvalue weighted by Crippen LogP contribution is 2.14. The van der Waals surface area contributed by atoms with Gasteiger partial charge in [-0.15, -0.1) is 0 Å². The van der Waals surface area contributed by atoms with E-state index in [4.69, 9.17) is 5.11 Å². The molecule has 0 radical (unpaired) electrons. The summed E-state index contributed by atoms with van der Waals surface area (Å²) in [5.41, 5.74) is 0.916. The second kappa shape index (κ2) is 9.02. The SMILES string of the molecule is CSCCCC(=O)N(CC(=O)O)Cc1cccc(Br)c1. The molecule has 1 amide bonds. The highest BCUT2D eigenvalue weighted by Gasteiger charge is 2.16. The normalized spacial score (nSPS) is 10.3. The van der Waals surface area contributed by atoms with Crippen molar-refractivity contribution in [1.29, 1.82) is 0 Å². The molecule has 0 aliphatic rings. The second-order valence-electron chi connectivity index (χ2n) is 4.37. The Morgan fingerprint density at radius 2 is 2.15 bits per heavy atom. The molecule has 0 unspecified atom stereocenters. The highest BCUT2D eigenvalue weighted by molar-refractivity contribution is 9.10. The molecule has 0 spiro atoms. The lowest BCUT2D eigenvalue weighted by Crippen LogP contribution is -2.35. The molecule has 1 aromatic rings. The first-order valence-corrected chi connectivity index (χ1v) is 8.44. The smallest absolute Gasteiger partial charge is 0.323 e. The van der Waals surface area contributed by atoms with E-state index in [1.807, 2.05) is 30.5 Å². The minimum absolute atomic E-state index is 0.110. The number of nitrogens with zero attached hydrogens (tertiary/aromatic N) is 1. The van der Waals surface area contributed by atoms with Crippen molar-refractivity contribution < 1.29 is 14.7 Å². The Morgan fingerprint density at radius 3 is 2.75 bits per heavy atom. The number of halogens is 1. The molecule has 4 nitrogen and oxygen atoms in total. The molecule has 110 valence electrons. The molecule has 1 N–H and O–H groups in total. The Labute approximate surface area is 131 Å². The Hall–Kier alpha value is -1.01. The molecule has 0 saturated heterocycles. The maximum absolute atomic E-state index is 12.1. The predicted octanol–water partition coefficient (Wildman–Crippen LogP) is 3.01. The Balaban J connectivity index is 2.68. The molecule has 0 heterocycles. The van der Waals surface area contributed by atoms with E-state index < -0.39 is 5.97 Å². The summed E-state index contributed by atoms with van der Waals surface area (Å²) >= 11 is 5.05. The number of hydrogen-bond acceptors (Lipinski definition) is 3. The van der Waals surface area contributed by atoms with Crippen LogP contribution in [-0.2, 0) is 16.1 Å². The highest BCUT2D eigenvalue weighted by atomic mass is 79.9. The van der Waals surface area contributed by atoms with Gasteiger partial charge in [-0.1, -0.05) is 28.1 Å². The number of rotatable bonds is 8. The van der Waals surface area contributed by atoms with Gasteiger partial charge in [-0.3, -0.25) is 9.59 Å². The van der Waals surface area contributed by atoms with Gasteiger partial charge in [-0.25, -0.2) is 0 Å². The van der Waals surface area contributed by atoms with Gasteiger partial charge in [0.2, 0.25) is 5.91 Å². The van der Waals surface area contributed by atoms with Gasteiger partial charge in [0.25, 0.3) is 0 Å². The molecule has 0 fully saturated rings. The minimum Gasteiger partial charge on any atom is -0.480 e. The molecule has 0 aliphatic heterocycles. The van der Waals surface area contributed by atoms with Crippen molar-refractivity contribution in [2.75, 3.05) is 18.6 Å². The van der Waals surface area contributed by atoms with Gasteiger partial charge in [0.05, 0.1) is 0 Å². The maximum atomic E-state index is 12.1. The minimum atomic E-state index is -0.988. The lowest BCUT2D eigenvalue weighted by molar-refractivity contribution is -0.144. The largest absolute Gasteiger partial charge is 0.480 e. The Bertz CT molecular complexity index is 467. The third kappa shape index (κ3) is 6.43. The summed E-state index contributed by atoms with van der Waals surface area (Å²) in [6.07, 6.45) is 3.15. The van der Waals surface area contributed by atoms with Crippen LogP contribution in [0.4, 0.5) is 0 Å². The zero-order valence-corrected chi connectivity index (χ0v) is 13.7. The van der Waals surface area contributed by atoms with E-state index in [1.165, 1.54) is 4.90 Å². The molecule has 20 heavy (non-hydrogen) atoms. The summed E-state index contributed by atoms with van der Waals surface area (Å²) in [6.45, 7) is 0.0639. The lowest BCUT2D eigenvalue weighted by atomic mass is 10.2. The number of aliphatic carboxylic acids is 1. The summed E-state index contributed by atoms with van der Waals surface area (Å²) in [5.74, 6) is -0.191. The average Bonchev–Trinajstić information content (AvgIpc) is 2.37. The van der Waals surface area contributed by atoms with E-state index in [-0.39, 0.29) is 12.5 Å².